The van der Waals surface area contributed by atoms with E-state index in [4.69, 9.17) is 5.73 Å². The van der Waals surface area contributed by atoms with E-state index in [1.54, 1.807) is 0 Å². The molecular weight excluding hydrogens is 244 g/mol. The van der Waals surface area contributed by atoms with Crippen molar-refractivity contribution in [2.45, 2.75) is 72.1 Å². The summed E-state index contributed by atoms with van der Waals surface area (Å²) in [6.07, 6.45) is 11.1. The second kappa shape index (κ2) is 6.79. The van der Waals surface area contributed by atoms with Crippen LogP contribution in [0.15, 0.2) is 0 Å². The second-order valence-electron chi connectivity index (χ2n) is 8.50. The van der Waals surface area contributed by atoms with Crippen molar-refractivity contribution in [3.63, 3.8) is 0 Å². The highest BCUT2D eigenvalue weighted by Gasteiger charge is 2.32. The van der Waals surface area contributed by atoms with Gasteiger partial charge in [-0.05, 0) is 75.0 Å². The molecule has 2 N–H and O–H groups in total. The lowest BCUT2D eigenvalue weighted by atomic mass is 9.71. The molecule has 118 valence electrons. The zero-order chi connectivity index (χ0) is 14.6. The summed E-state index contributed by atoms with van der Waals surface area (Å²) in [6.45, 7) is 12.0. The fourth-order valence-electron chi connectivity index (χ4n) is 4.28. The molecule has 0 amide bonds. The maximum absolute atomic E-state index is 6.11. The van der Waals surface area contributed by atoms with E-state index in [9.17, 15) is 0 Å². The summed E-state index contributed by atoms with van der Waals surface area (Å²) in [5, 5.41) is 0. The van der Waals surface area contributed by atoms with Crippen molar-refractivity contribution in [3.8, 4) is 0 Å². The minimum Gasteiger partial charge on any atom is -0.330 e. The lowest BCUT2D eigenvalue weighted by Crippen LogP contribution is -2.41. The standard InChI is InChI=1S/C18H36N2/c1-17(2,3)16-7-12-20(13-8-16)14-11-18(15-19)9-5-4-6-10-18/h16H,4-15,19H2,1-3H3. The van der Waals surface area contributed by atoms with Crippen LogP contribution in [0.4, 0.5) is 0 Å². The Morgan fingerprint density at radius 3 is 2.15 bits per heavy atom. The van der Waals surface area contributed by atoms with Crippen LogP contribution in [0.2, 0.25) is 0 Å². The first kappa shape index (κ1) is 16.3. The Bertz CT molecular complexity index is 278. The van der Waals surface area contributed by atoms with Crippen LogP contribution in [0.25, 0.3) is 0 Å². The number of nitrogens with two attached hydrogens (primary N) is 1. The van der Waals surface area contributed by atoms with Crippen LogP contribution in [0.3, 0.4) is 0 Å². The molecule has 1 aliphatic heterocycles. The van der Waals surface area contributed by atoms with Crippen molar-refractivity contribution < 1.29 is 0 Å². The van der Waals surface area contributed by atoms with E-state index in [0.29, 0.717) is 10.8 Å². The predicted molar refractivity (Wildman–Crippen MR) is 87.8 cm³/mol. The van der Waals surface area contributed by atoms with Gasteiger partial charge < -0.3 is 10.6 Å². The van der Waals surface area contributed by atoms with Crippen LogP contribution in [-0.2, 0) is 0 Å². The molecule has 2 rings (SSSR count). The zero-order valence-electron chi connectivity index (χ0n) is 14.1. The molecule has 1 saturated heterocycles. The minimum atomic E-state index is 0.485. The van der Waals surface area contributed by atoms with Crippen LogP contribution >= 0.6 is 0 Å². The quantitative estimate of drug-likeness (QED) is 0.842. The lowest BCUT2D eigenvalue weighted by molar-refractivity contribution is 0.0897. The molecular formula is C18H36N2. The van der Waals surface area contributed by atoms with Gasteiger partial charge in [0.15, 0.2) is 0 Å². The molecule has 0 bridgehead atoms. The smallest absolute Gasteiger partial charge is 0.00130 e. The van der Waals surface area contributed by atoms with E-state index in [-0.39, 0.29) is 0 Å². The van der Waals surface area contributed by atoms with Gasteiger partial charge in [-0.25, -0.2) is 0 Å². The first-order valence-corrected chi connectivity index (χ1v) is 8.88. The maximum Gasteiger partial charge on any atom is -0.00130 e. The topological polar surface area (TPSA) is 29.3 Å². The van der Waals surface area contributed by atoms with Gasteiger partial charge in [0.2, 0.25) is 0 Å². The fourth-order valence-corrected chi connectivity index (χ4v) is 4.28. The maximum atomic E-state index is 6.11. The molecule has 2 nitrogen and oxygen atoms in total. The van der Waals surface area contributed by atoms with Gasteiger partial charge in [-0.3, -0.25) is 0 Å². The fraction of sp³-hybridized carbons (Fsp3) is 1.00. The molecule has 2 heteroatoms. The van der Waals surface area contributed by atoms with Crippen LogP contribution in [0, 0.1) is 16.7 Å². The monoisotopic (exact) mass is 280 g/mol. The first-order valence-electron chi connectivity index (χ1n) is 8.88. The van der Waals surface area contributed by atoms with Crippen LogP contribution in [0.1, 0.15) is 72.1 Å². The molecule has 1 saturated carbocycles. The van der Waals surface area contributed by atoms with Crippen molar-refractivity contribution in [2.24, 2.45) is 22.5 Å². The molecule has 0 spiro atoms. The molecule has 0 atom stereocenters. The lowest BCUT2D eigenvalue weighted by Gasteiger charge is -2.41. The van der Waals surface area contributed by atoms with Crippen molar-refractivity contribution in [1.82, 2.24) is 4.90 Å². The molecule has 0 aromatic rings. The Hall–Kier alpha value is -0.0800. The Morgan fingerprint density at radius 2 is 1.65 bits per heavy atom. The zero-order valence-corrected chi connectivity index (χ0v) is 14.1. The molecule has 0 unspecified atom stereocenters. The number of likely N-dealkylation sites (tertiary alicyclic amines) is 1. The van der Waals surface area contributed by atoms with Crippen LogP contribution in [0.5, 0.6) is 0 Å². The average Bonchev–Trinajstić information content (AvgIpc) is 2.46. The number of hydrogen-bond acceptors (Lipinski definition) is 2. The predicted octanol–water partition coefficient (Wildman–Crippen LogP) is 4.04. The Labute approximate surface area is 126 Å². The molecule has 0 aromatic heterocycles. The second-order valence-corrected chi connectivity index (χ2v) is 8.50. The van der Waals surface area contributed by atoms with Gasteiger partial charge in [0.1, 0.15) is 0 Å². The Morgan fingerprint density at radius 1 is 1.05 bits per heavy atom. The van der Waals surface area contributed by atoms with E-state index >= 15 is 0 Å². The summed E-state index contributed by atoms with van der Waals surface area (Å²) in [4.78, 5) is 2.70. The first-order chi connectivity index (χ1) is 9.45. The van der Waals surface area contributed by atoms with E-state index < -0.39 is 0 Å². The Kier molecular flexibility index (Phi) is 5.53. The van der Waals surface area contributed by atoms with Crippen molar-refractivity contribution in [1.29, 1.82) is 0 Å². The number of hydrogen-bond donors (Lipinski definition) is 1. The van der Waals surface area contributed by atoms with E-state index in [1.807, 2.05) is 0 Å². The number of piperidine rings is 1. The third-order valence-electron chi connectivity index (χ3n) is 6.12. The van der Waals surface area contributed by atoms with Crippen LogP contribution in [-0.4, -0.2) is 31.1 Å². The highest BCUT2D eigenvalue weighted by molar-refractivity contribution is 4.86. The summed E-state index contributed by atoms with van der Waals surface area (Å²) >= 11 is 0. The molecule has 1 heterocycles. The highest BCUT2D eigenvalue weighted by atomic mass is 15.1. The molecule has 0 aromatic carbocycles. The molecule has 0 radical (unpaired) electrons. The van der Waals surface area contributed by atoms with Gasteiger partial charge in [-0.1, -0.05) is 40.0 Å². The summed E-state index contributed by atoms with van der Waals surface area (Å²) in [6, 6.07) is 0. The summed E-state index contributed by atoms with van der Waals surface area (Å²) in [5.74, 6) is 0.914. The number of nitrogens with zero attached hydrogens (tertiary/aromatic N) is 1. The van der Waals surface area contributed by atoms with Crippen molar-refractivity contribution >= 4 is 0 Å². The molecule has 20 heavy (non-hydrogen) atoms. The van der Waals surface area contributed by atoms with Crippen LogP contribution < -0.4 is 5.73 Å². The van der Waals surface area contributed by atoms with Crippen molar-refractivity contribution in [3.05, 3.63) is 0 Å². The minimum absolute atomic E-state index is 0.485. The van der Waals surface area contributed by atoms with E-state index in [1.165, 1.54) is 71.0 Å². The highest BCUT2D eigenvalue weighted by Crippen LogP contribution is 2.39. The van der Waals surface area contributed by atoms with Gasteiger partial charge in [-0.15, -0.1) is 0 Å². The van der Waals surface area contributed by atoms with Gasteiger partial charge in [0.25, 0.3) is 0 Å². The molecule has 2 fully saturated rings. The van der Waals surface area contributed by atoms with Gasteiger partial charge in [-0.2, -0.15) is 0 Å². The largest absolute Gasteiger partial charge is 0.330 e. The summed E-state index contributed by atoms with van der Waals surface area (Å²) < 4.78 is 0. The Balaban J connectivity index is 1.75. The van der Waals surface area contributed by atoms with Gasteiger partial charge in [0.05, 0.1) is 0 Å². The third kappa shape index (κ3) is 4.21. The van der Waals surface area contributed by atoms with Crippen molar-refractivity contribution in [2.75, 3.05) is 26.2 Å². The average molecular weight is 280 g/mol. The molecule has 1 aliphatic carbocycles. The van der Waals surface area contributed by atoms with Gasteiger partial charge in [0, 0.05) is 0 Å². The summed E-state index contributed by atoms with van der Waals surface area (Å²) in [5.41, 5.74) is 7.09. The molecule has 2 aliphatic rings. The van der Waals surface area contributed by atoms with E-state index in [2.05, 4.69) is 25.7 Å². The SMILES string of the molecule is CC(C)(C)C1CCN(CCC2(CN)CCCCC2)CC1. The van der Waals surface area contributed by atoms with Gasteiger partial charge >= 0.3 is 0 Å². The number of rotatable bonds is 4. The third-order valence-corrected chi connectivity index (χ3v) is 6.12. The van der Waals surface area contributed by atoms with E-state index in [0.717, 1.165) is 12.5 Å². The normalized spacial score (nSPS) is 25.8. The summed E-state index contributed by atoms with van der Waals surface area (Å²) in [7, 11) is 0.